The first-order valence-corrected chi connectivity index (χ1v) is 6.12. The predicted molar refractivity (Wildman–Crippen MR) is 63.4 cm³/mol. The monoisotopic (exact) mass is 239 g/mol. The summed E-state index contributed by atoms with van der Waals surface area (Å²) in [5.41, 5.74) is 0. The van der Waals surface area contributed by atoms with Crippen molar-refractivity contribution in [1.82, 2.24) is 5.32 Å². The molecule has 0 aliphatic rings. The second-order valence-corrected chi connectivity index (χ2v) is 3.94. The number of carbonyl (C=O) groups is 2. The molecular formula is C11H13NO3S. The lowest BCUT2D eigenvalue weighted by molar-refractivity contribution is -0.137. The summed E-state index contributed by atoms with van der Waals surface area (Å²) in [6.45, 7) is 0. The van der Waals surface area contributed by atoms with E-state index in [9.17, 15) is 9.59 Å². The van der Waals surface area contributed by atoms with E-state index >= 15 is 0 Å². The maximum atomic E-state index is 11.6. The molecule has 86 valence electrons. The smallest absolute Gasteiger partial charge is 0.334 e. The van der Waals surface area contributed by atoms with Gasteiger partial charge in [0.1, 0.15) is 11.8 Å². The third-order valence-electron chi connectivity index (χ3n) is 1.85. The molecule has 0 spiro atoms. The standard InChI is InChI=1S/C11H13NO3S/c1-16-7-10(12-8-13)11(14)15-9-5-3-2-4-6-9/h2-6,8,10H,7H2,1H3,(H,12,13)/t10-/m0/s1. The Morgan fingerprint density at radius 3 is 2.75 bits per heavy atom. The zero-order valence-corrected chi connectivity index (χ0v) is 9.70. The van der Waals surface area contributed by atoms with Gasteiger partial charge in [-0.05, 0) is 18.4 Å². The summed E-state index contributed by atoms with van der Waals surface area (Å²) < 4.78 is 5.11. The van der Waals surface area contributed by atoms with E-state index in [0.717, 1.165) is 0 Å². The van der Waals surface area contributed by atoms with Crippen molar-refractivity contribution in [2.45, 2.75) is 6.04 Å². The topological polar surface area (TPSA) is 55.4 Å². The first kappa shape index (κ1) is 12.6. The van der Waals surface area contributed by atoms with Crippen LogP contribution in [-0.4, -0.2) is 30.4 Å². The number of ether oxygens (including phenoxy) is 1. The molecule has 0 saturated carbocycles. The van der Waals surface area contributed by atoms with Gasteiger partial charge in [0.25, 0.3) is 0 Å². The van der Waals surface area contributed by atoms with Crippen molar-refractivity contribution in [3.63, 3.8) is 0 Å². The summed E-state index contributed by atoms with van der Waals surface area (Å²) in [4.78, 5) is 22.0. The van der Waals surface area contributed by atoms with Crippen LogP contribution >= 0.6 is 11.8 Å². The number of benzene rings is 1. The van der Waals surface area contributed by atoms with Crippen LogP contribution < -0.4 is 10.1 Å². The van der Waals surface area contributed by atoms with Crippen molar-refractivity contribution in [2.24, 2.45) is 0 Å². The average Bonchev–Trinajstić information content (AvgIpc) is 2.30. The highest BCUT2D eigenvalue weighted by Crippen LogP contribution is 2.10. The summed E-state index contributed by atoms with van der Waals surface area (Å²) in [5, 5.41) is 2.43. The Morgan fingerprint density at radius 1 is 1.50 bits per heavy atom. The molecule has 1 N–H and O–H groups in total. The number of amides is 1. The van der Waals surface area contributed by atoms with Crippen molar-refractivity contribution in [1.29, 1.82) is 0 Å². The molecule has 5 heteroatoms. The molecule has 1 rings (SSSR count). The van der Waals surface area contributed by atoms with Gasteiger partial charge < -0.3 is 10.1 Å². The van der Waals surface area contributed by atoms with E-state index in [1.807, 2.05) is 12.3 Å². The second-order valence-electron chi connectivity index (χ2n) is 3.03. The van der Waals surface area contributed by atoms with Gasteiger partial charge in [0.2, 0.25) is 6.41 Å². The minimum Gasteiger partial charge on any atom is -0.425 e. The Bertz CT molecular complexity index is 342. The number of para-hydroxylation sites is 1. The summed E-state index contributed by atoms with van der Waals surface area (Å²) in [6.07, 6.45) is 2.36. The fourth-order valence-electron chi connectivity index (χ4n) is 1.11. The first-order chi connectivity index (χ1) is 7.77. The lowest BCUT2D eigenvalue weighted by Crippen LogP contribution is -2.40. The van der Waals surface area contributed by atoms with Gasteiger partial charge in [0, 0.05) is 5.75 Å². The number of thioether (sulfide) groups is 1. The van der Waals surface area contributed by atoms with Crippen molar-refractivity contribution >= 4 is 24.1 Å². The van der Waals surface area contributed by atoms with Crippen LogP contribution in [0.25, 0.3) is 0 Å². The SMILES string of the molecule is CSC[C@H](NC=O)C(=O)Oc1ccccc1. The zero-order valence-electron chi connectivity index (χ0n) is 8.88. The first-order valence-electron chi connectivity index (χ1n) is 4.73. The Labute approximate surface area is 98.4 Å². The fourth-order valence-corrected chi connectivity index (χ4v) is 1.67. The Kier molecular flexibility index (Phi) is 5.42. The number of hydrogen-bond acceptors (Lipinski definition) is 4. The van der Waals surface area contributed by atoms with Crippen LogP contribution in [0.4, 0.5) is 0 Å². The van der Waals surface area contributed by atoms with Crippen molar-refractivity contribution in [3.05, 3.63) is 30.3 Å². The molecule has 4 nitrogen and oxygen atoms in total. The molecule has 0 radical (unpaired) electrons. The molecule has 0 saturated heterocycles. The van der Waals surface area contributed by atoms with Gasteiger partial charge in [-0.25, -0.2) is 4.79 Å². The Balaban J connectivity index is 2.58. The molecule has 0 aromatic heterocycles. The molecular weight excluding hydrogens is 226 g/mol. The largest absolute Gasteiger partial charge is 0.425 e. The van der Waals surface area contributed by atoms with E-state index in [0.29, 0.717) is 17.9 Å². The number of hydrogen-bond donors (Lipinski definition) is 1. The number of nitrogens with one attached hydrogen (secondary N) is 1. The van der Waals surface area contributed by atoms with Crippen molar-refractivity contribution < 1.29 is 14.3 Å². The lowest BCUT2D eigenvalue weighted by atomic mass is 10.3. The van der Waals surface area contributed by atoms with Crippen molar-refractivity contribution in [2.75, 3.05) is 12.0 Å². The Hall–Kier alpha value is -1.49. The molecule has 1 amide bonds. The van der Waals surface area contributed by atoms with Crippen LogP contribution in [0, 0.1) is 0 Å². The van der Waals surface area contributed by atoms with Crippen LogP contribution in [0.1, 0.15) is 0 Å². The third kappa shape index (κ3) is 3.94. The van der Waals surface area contributed by atoms with Crippen LogP contribution in [-0.2, 0) is 9.59 Å². The van der Waals surface area contributed by atoms with E-state index in [1.54, 1.807) is 24.3 Å². The predicted octanol–water partition coefficient (Wildman–Crippen LogP) is 1.07. The highest BCUT2D eigenvalue weighted by atomic mass is 32.2. The van der Waals surface area contributed by atoms with Gasteiger partial charge in [-0.1, -0.05) is 18.2 Å². The fraction of sp³-hybridized carbons (Fsp3) is 0.273. The van der Waals surface area contributed by atoms with Gasteiger partial charge in [-0.15, -0.1) is 0 Å². The molecule has 0 unspecified atom stereocenters. The molecule has 1 aromatic carbocycles. The zero-order chi connectivity index (χ0) is 11.8. The molecule has 0 heterocycles. The molecule has 0 aliphatic heterocycles. The van der Waals surface area contributed by atoms with Crippen LogP contribution in [0.15, 0.2) is 30.3 Å². The summed E-state index contributed by atoms with van der Waals surface area (Å²) >= 11 is 1.47. The van der Waals surface area contributed by atoms with Gasteiger partial charge >= 0.3 is 5.97 Å². The lowest BCUT2D eigenvalue weighted by Gasteiger charge is -2.13. The van der Waals surface area contributed by atoms with E-state index in [1.165, 1.54) is 11.8 Å². The summed E-state index contributed by atoms with van der Waals surface area (Å²) in [6, 6.07) is 8.16. The molecule has 16 heavy (non-hydrogen) atoms. The Morgan fingerprint density at radius 2 is 2.19 bits per heavy atom. The van der Waals surface area contributed by atoms with E-state index in [2.05, 4.69) is 5.32 Å². The average molecular weight is 239 g/mol. The molecule has 0 bridgehead atoms. The molecule has 0 fully saturated rings. The normalized spacial score (nSPS) is 11.6. The van der Waals surface area contributed by atoms with Crippen LogP contribution in [0.5, 0.6) is 5.75 Å². The molecule has 1 atom stereocenters. The minimum absolute atomic E-state index is 0.451. The highest BCUT2D eigenvalue weighted by Gasteiger charge is 2.18. The van der Waals surface area contributed by atoms with Gasteiger partial charge in [-0.2, -0.15) is 11.8 Å². The van der Waals surface area contributed by atoms with Gasteiger partial charge in [0.15, 0.2) is 0 Å². The molecule has 0 aliphatic carbocycles. The summed E-state index contributed by atoms with van der Waals surface area (Å²) in [5.74, 6) is 0.517. The third-order valence-corrected chi connectivity index (χ3v) is 2.52. The summed E-state index contributed by atoms with van der Waals surface area (Å²) in [7, 11) is 0. The van der Waals surface area contributed by atoms with Crippen LogP contribution in [0.3, 0.4) is 0 Å². The quantitative estimate of drug-likeness (QED) is 0.458. The van der Waals surface area contributed by atoms with E-state index in [4.69, 9.17) is 4.74 Å². The minimum atomic E-state index is -0.604. The van der Waals surface area contributed by atoms with Crippen LogP contribution in [0.2, 0.25) is 0 Å². The highest BCUT2D eigenvalue weighted by molar-refractivity contribution is 7.98. The van der Waals surface area contributed by atoms with E-state index in [-0.39, 0.29) is 0 Å². The maximum Gasteiger partial charge on any atom is 0.334 e. The van der Waals surface area contributed by atoms with Gasteiger partial charge in [0.05, 0.1) is 0 Å². The number of rotatable bonds is 6. The second kappa shape index (κ2) is 6.90. The van der Waals surface area contributed by atoms with Gasteiger partial charge in [-0.3, -0.25) is 4.79 Å². The molecule has 1 aromatic rings. The van der Waals surface area contributed by atoms with E-state index < -0.39 is 12.0 Å². The number of carbonyl (C=O) groups excluding carboxylic acids is 2. The maximum absolute atomic E-state index is 11.6. The number of esters is 1. The van der Waals surface area contributed by atoms with Crippen molar-refractivity contribution in [3.8, 4) is 5.75 Å².